The Balaban J connectivity index is 1.76. The summed E-state index contributed by atoms with van der Waals surface area (Å²) in [5.74, 6) is 0.208. The van der Waals surface area contributed by atoms with E-state index in [2.05, 4.69) is 10.2 Å². The summed E-state index contributed by atoms with van der Waals surface area (Å²) in [4.78, 5) is 22.2. The Morgan fingerprint density at radius 1 is 1.12 bits per heavy atom. The van der Waals surface area contributed by atoms with E-state index >= 15 is 0 Å². The van der Waals surface area contributed by atoms with Gasteiger partial charge in [-0.2, -0.15) is 0 Å². The number of halogens is 1. The van der Waals surface area contributed by atoms with Crippen molar-refractivity contribution in [3.8, 4) is 11.5 Å². The lowest BCUT2D eigenvalue weighted by Crippen LogP contribution is -1.94. The fraction of sp³-hybridized carbons (Fsp3) is 0. The van der Waals surface area contributed by atoms with Gasteiger partial charge in [0.15, 0.2) is 0 Å². The van der Waals surface area contributed by atoms with Crippen molar-refractivity contribution < 1.29 is 14.1 Å². The van der Waals surface area contributed by atoms with Crippen LogP contribution in [0.15, 0.2) is 58.2 Å². The number of benzene rings is 2. The Morgan fingerprint density at radius 2 is 1.83 bits per heavy atom. The molecule has 0 amide bonds. The first-order chi connectivity index (χ1) is 11.5. The molecular weight excluding hydrogens is 354 g/mol. The summed E-state index contributed by atoms with van der Waals surface area (Å²) < 4.78 is 5.43. The Kier molecular flexibility index (Phi) is 4.59. The molecule has 0 radical (unpaired) electrons. The molecule has 0 N–H and O–H groups in total. The molecule has 1 aromatic heterocycles. The summed E-state index contributed by atoms with van der Waals surface area (Å²) in [7, 11) is 0. The summed E-state index contributed by atoms with van der Waals surface area (Å²) >= 11 is 6.79. The Hall–Kier alpha value is -2.71. The second kappa shape index (κ2) is 6.81. The fourth-order valence-electron chi connectivity index (χ4n) is 1.85. The van der Waals surface area contributed by atoms with Gasteiger partial charge < -0.3 is 4.42 Å². The highest BCUT2D eigenvalue weighted by Crippen LogP contribution is 2.30. The Morgan fingerprint density at radius 3 is 2.50 bits per heavy atom. The first-order valence-electron chi connectivity index (χ1n) is 6.59. The number of nitro groups is 1. The molecular formula is C15H8ClN3O4S. The third-order valence-electron chi connectivity index (χ3n) is 3.00. The summed E-state index contributed by atoms with van der Waals surface area (Å²) in [5, 5.41) is 18.4. The Bertz CT molecular complexity index is 911. The van der Waals surface area contributed by atoms with Crippen LogP contribution in [0, 0.1) is 10.1 Å². The second-order valence-corrected chi connectivity index (χ2v) is 5.88. The van der Waals surface area contributed by atoms with Crippen LogP contribution in [-0.4, -0.2) is 20.2 Å². The highest BCUT2D eigenvalue weighted by Gasteiger charge is 2.17. The van der Waals surface area contributed by atoms with Gasteiger partial charge in [-0.3, -0.25) is 14.9 Å². The van der Waals surface area contributed by atoms with E-state index in [1.165, 1.54) is 24.3 Å². The van der Waals surface area contributed by atoms with Crippen molar-refractivity contribution in [2.24, 2.45) is 0 Å². The zero-order chi connectivity index (χ0) is 17.1. The van der Waals surface area contributed by atoms with E-state index in [1.54, 1.807) is 24.3 Å². The summed E-state index contributed by atoms with van der Waals surface area (Å²) in [5.41, 5.74) is 0.778. The molecule has 0 saturated carbocycles. The van der Waals surface area contributed by atoms with Gasteiger partial charge in [-0.1, -0.05) is 23.7 Å². The molecule has 0 atom stereocenters. The van der Waals surface area contributed by atoms with Crippen molar-refractivity contribution in [1.29, 1.82) is 0 Å². The van der Waals surface area contributed by atoms with E-state index in [-0.39, 0.29) is 21.9 Å². The van der Waals surface area contributed by atoms with E-state index in [0.717, 1.165) is 11.8 Å². The van der Waals surface area contributed by atoms with Crippen LogP contribution in [0.3, 0.4) is 0 Å². The minimum absolute atomic E-state index is 0.0632. The number of aromatic nitrogens is 2. The van der Waals surface area contributed by atoms with Crippen molar-refractivity contribution in [2.45, 2.75) is 5.22 Å². The molecule has 24 heavy (non-hydrogen) atoms. The van der Waals surface area contributed by atoms with Gasteiger partial charge in [0.2, 0.25) is 11.0 Å². The smallest absolute Gasteiger partial charge is 0.284 e. The van der Waals surface area contributed by atoms with Gasteiger partial charge in [0, 0.05) is 29.5 Å². The van der Waals surface area contributed by atoms with Gasteiger partial charge in [0.25, 0.3) is 10.9 Å². The van der Waals surface area contributed by atoms with Crippen molar-refractivity contribution >= 4 is 34.2 Å². The molecule has 1 heterocycles. The third-order valence-corrected chi connectivity index (χ3v) is 4.09. The lowest BCUT2D eigenvalue weighted by atomic mass is 10.2. The van der Waals surface area contributed by atoms with Crippen molar-refractivity contribution in [1.82, 2.24) is 10.2 Å². The van der Waals surface area contributed by atoms with E-state index in [0.29, 0.717) is 16.1 Å². The van der Waals surface area contributed by atoms with Crippen LogP contribution in [0.2, 0.25) is 5.02 Å². The number of rotatable bonds is 4. The van der Waals surface area contributed by atoms with Crippen LogP contribution >= 0.6 is 23.4 Å². The van der Waals surface area contributed by atoms with Gasteiger partial charge in [-0.15, -0.1) is 10.2 Å². The molecule has 2 aromatic carbocycles. The molecule has 0 saturated heterocycles. The van der Waals surface area contributed by atoms with Crippen LogP contribution < -0.4 is 0 Å². The molecule has 0 aliphatic heterocycles. The summed E-state index contributed by atoms with van der Waals surface area (Å²) in [6.07, 6.45) is 0. The minimum atomic E-state index is -0.532. The van der Waals surface area contributed by atoms with E-state index < -0.39 is 4.92 Å². The molecule has 9 heteroatoms. The van der Waals surface area contributed by atoms with E-state index in [4.69, 9.17) is 16.0 Å². The second-order valence-electron chi connectivity index (χ2n) is 4.55. The van der Waals surface area contributed by atoms with Gasteiger partial charge in [-0.05, 0) is 24.3 Å². The maximum atomic E-state index is 12.1. The number of thioether (sulfide) groups is 1. The van der Waals surface area contributed by atoms with Crippen LogP contribution in [0.1, 0.15) is 10.4 Å². The SMILES string of the molecule is O=C(Sc1nnc(-c2ccccc2Cl)o1)c1ccc([N+](=O)[O-])cc1. The van der Waals surface area contributed by atoms with Crippen molar-refractivity contribution in [2.75, 3.05) is 0 Å². The molecule has 0 bridgehead atoms. The number of carbonyl (C=O) groups is 1. The number of hydrogen-bond donors (Lipinski definition) is 0. The molecule has 0 unspecified atom stereocenters. The molecule has 0 fully saturated rings. The molecule has 7 nitrogen and oxygen atoms in total. The predicted octanol–water partition coefficient (Wildman–Crippen LogP) is 4.23. The molecule has 3 rings (SSSR count). The standard InChI is InChI=1S/C15H8ClN3O4S/c16-12-4-2-1-3-11(12)13-17-18-15(23-13)24-14(20)9-5-7-10(8-6-9)19(21)22/h1-8H. The maximum absolute atomic E-state index is 12.1. The molecule has 3 aromatic rings. The lowest BCUT2D eigenvalue weighted by Gasteiger charge is -1.98. The topological polar surface area (TPSA) is 99.1 Å². The van der Waals surface area contributed by atoms with Gasteiger partial charge in [-0.25, -0.2) is 0 Å². The van der Waals surface area contributed by atoms with Gasteiger partial charge in [0.1, 0.15) is 0 Å². The average Bonchev–Trinajstić information content (AvgIpc) is 3.03. The minimum Gasteiger partial charge on any atom is -0.411 e. The number of nitrogens with zero attached hydrogens (tertiary/aromatic N) is 3. The highest BCUT2D eigenvalue weighted by atomic mass is 35.5. The normalized spacial score (nSPS) is 10.5. The van der Waals surface area contributed by atoms with E-state index in [1.807, 2.05) is 0 Å². The van der Waals surface area contributed by atoms with Crippen molar-refractivity contribution in [3.05, 3.63) is 69.2 Å². The van der Waals surface area contributed by atoms with Crippen LogP contribution in [-0.2, 0) is 0 Å². The molecule has 120 valence electrons. The first kappa shape index (κ1) is 16.2. The van der Waals surface area contributed by atoms with Crippen LogP contribution in [0.4, 0.5) is 5.69 Å². The average molecular weight is 362 g/mol. The monoisotopic (exact) mass is 361 g/mol. The maximum Gasteiger partial charge on any atom is 0.284 e. The molecule has 0 aliphatic carbocycles. The number of carbonyl (C=O) groups excluding carboxylic acids is 1. The lowest BCUT2D eigenvalue weighted by molar-refractivity contribution is -0.384. The van der Waals surface area contributed by atoms with E-state index in [9.17, 15) is 14.9 Å². The summed E-state index contributed by atoms with van der Waals surface area (Å²) in [6, 6.07) is 12.2. The highest BCUT2D eigenvalue weighted by molar-refractivity contribution is 8.14. The number of hydrogen-bond acceptors (Lipinski definition) is 7. The summed E-state index contributed by atoms with van der Waals surface area (Å²) in [6.45, 7) is 0. The van der Waals surface area contributed by atoms with Crippen LogP contribution in [0.5, 0.6) is 0 Å². The molecule has 0 spiro atoms. The predicted molar refractivity (Wildman–Crippen MR) is 88.0 cm³/mol. The number of nitro benzene ring substituents is 1. The zero-order valence-electron chi connectivity index (χ0n) is 11.9. The fourth-order valence-corrected chi connectivity index (χ4v) is 2.68. The third kappa shape index (κ3) is 3.44. The van der Waals surface area contributed by atoms with Gasteiger partial charge in [0.05, 0.1) is 15.5 Å². The van der Waals surface area contributed by atoms with Crippen LogP contribution in [0.25, 0.3) is 11.5 Å². The number of non-ortho nitro benzene ring substituents is 1. The molecule has 0 aliphatic rings. The Labute approximate surface area is 144 Å². The largest absolute Gasteiger partial charge is 0.411 e. The quantitative estimate of drug-likeness (QED) is 0.389. The first-order valence-corrected chi connectivity index (χ1v) is 7.79. The zero-order valence-corrected chi connectivity index (χ0v) is 13.5. The van der Waals surface area contributed by atoms with Gasteiger partial charge >= 0.3 is 0 Å². The van der Waals surface area contributed by atoms with Crippen molar-refractivity contribution in [3.63, 3.8) is 0 Å².